The number of hydrogen-bond acceptors (Lipinski definition) is 3. The summed E-state index contributed by atoms with van der Waals surface area (Å²) in [6.45, 7) is 3.22. The maximum Gasteiger partial charge on any atom is 0.0623 e. The molecule has 0 aromatic carbocycles. The van der Waals surface area contributed by atoms with Crippen molar-refractivity contribution < 1.29 is 4.74 Å². The Morgan fingerprint density at radius 1 is 1.45 bits per heavy atom. The molecule has 0 N–H and O–H groups in total. The molecule has 11 heavy (non-hydrogen) atoms. The van der Waals surface area contributed by atoms with Gasteiger partial charge in [-0.15, -0.1) is 0 Å². The molecule has 0 aliphatic carbocycles. The summed E-state index contributed by atoms with van der Waals surface area (Å²) in [6.07, 6.45) is 3.56. The number of thioether (sulfide) groups is 1. The number of nitrogens with zero attached hydrogens (tertiary/aromatic N) is 1. The fraction of sp³-hybridized carbons (Fsp3) is 1.00. The largest absolute Gasteiger partial charge is 0.378 e. The van der Waals surface area contributed by atoms with Gasteiger partial charge in [0.25, 0.3) is 0 Å². The van der Waals surface area contributed by atoms with E-state index in [0.29, 0.717) is 0 Å². The first-order chi connectivity index (χ1) is 5.42. The molecular weight excluding hydrogens is 158 g/mol. The van der Waals surface area contributed by atoms with Gasteiger partial charge in [0.1, 0.15) is 0 Å². The third-order valence-electron chi connectivity index (χ3n) is 2.66. The van der Waals surface area contributed by atoms with Crippen LogP contribution in [0.25, 0.3) is 0 Å². The second-order valence-electron chi connectivity index (χ2n) is 3.31. The molecule has 0 radical (unpaired) electrons. The van der Waals surface area contributed by atoms with Gasteiger partial charge in [-0.1, -0.05) is 0 Å². The third kappa shape index (κ3) is 1.42. The van der Waals surface area contributed by atoms with Gasteiger partial charge in [-0.2, -0.15) is 11.8 Å². The van der Waals surface area contributed by atoms with Gasteiger partial charge >= 0.3 is 0 Å². The summed E-state index contributed by atoms with van der Waals surface area (Å²) >= 11 is 1.94. The van der Waals surface area contributed by atoms with Gasteiger partial charge < -0.3 is 4.74 Å². The Hall–Kier alpha value is 0.270. The zero-order chi connectivity index (χ0) is 7.68. The van der Waals surface area contributed by atoms with Crippen molar-refractivity contribution in [2.24, 2.45) is 0 Å². The van der Waals surface area contributed by atoms with E-state index in [1.165, 1.54) is 18.7 Å². The van der Waals surface area contributed by atoms with Crippen LogP contribution in [0.5, 0.6) is 0 Å². The van der Waals surface area contributed by atoms with Gasteiger partial charge in [0.05, 0.1) is 13.2 Å². The lowest BCUT2D eigenvalue weighted by Crippen LogP contribution is -2.63. The van der Waals surface area contributed by atoms with E-state index >= 15 is 0 Å². The maximum atomic E-state index is 5.39. The predicted molar refractivity (Wildman–Crippen MR) is 48.1 cm³/mol. The number of ether oxygens (including phenoxy) is 1. The van der Waals surface area contributed by atoms with Crippen LogP contribution in [-0.2, 0) is 4.74 Å². The van der Waals surface area contributed by atoms with Crippen LogP contribution in [-0.4, -0.2) is 48.8 Å². The first-order valence-electron chi connectivity index (χ1n) is 4.24. The molecule has 3 heterocycles. The zero-order valence-corrected chi connectivity index (χ0v) is 7.77. The van der Waals surface area contributed by atoms with Crippen LogP contribution in [0.2, 0.25) is 0 Å². The number of morpholine rings is 1. The smallest absolute Gasteiger partial charge is 0.0623 e. The van der Waals surface area contributed by atoms with Crippen LogP contribution in [0.15, 0.2) is 0 Å². The molecule has 2 bridgehead atoms. The minimum absolute atomic E-state index is 0.765. The standard InChI is InChI=1S/C8H15NOS/c1-11-3-2-9-7-4-8(9)6-10-5-7/h7-8H,2-6H2,1H3. The van der Waals surface area contributed by atoms with E-state index in [1.807, 2.05) is 11.8 Å². The number of rotatable bonds is 3. The molecule has 0 aromatic rings. The number of hydrogen-bond donors (Lipinski definition) is 0. The summed E-state index contributed by atoms with van der Waals surface area (Å²) in [7, 11) is 0. The normalized spacial score (nSPS) is 36.8. The summed E-state index contributed by atoms with van der Waals surface area (Å²) in [5.41, 5.74) is 0. The van der Waals surface area contributed by atoms with Gasteiger partial charge in [-0.05, 0) is 12.7 Å². The van der Waals surface area contributed by atoms with Gasteiger partial charge in [-0.25, -0.2) is 0 Å². The Morgan fingerprint density at radius 3 is 2.73 bits per heavy atom. The second-order valence-corrected chi connectivity index (χ2v) is 4.30. The molecule has 64 valence electrons. The van der Waals surface area contributed by atoms with Crippen molar-refractivity contribution in [2.45, 2.75) is 18.5 Å². The van der Waals surface area contributed by atoms with Crippen molar-refractivity contribution in [3.8, 4) is 0 Å². The maximum absolute atomic E-state index is 5.39. The first kappa shape index (κ1) is 7.90. The number of fused-ring (bicyclic) bond motifs is 2. The van der Waals surface area contributed by atoms with Crippen LogP contribution >= 0.6 is 11.8 Å². The van der Waals surface area contributed by atoms with Crippen LogP contribution in [0, 0.1) is 0 Å². The van der Waals surface area contributed by atoms with Crippen molar-refractivity contribution in [3.63, 3.8) is 0 Å². The van der Waals surface area contributed by atoms with Gasteiger partial charge in [0.2, 0.25) is 0 Å². The minimum atomic E-state index is 0.765. The molecule has 3 fully saturated rings. The molecule has 2 atom stereocenters. The molecule has 3 aliphatic rings. The molecule has 0 aromatic heterocycles. The first-order valence-corrected chi connectivity index (χ1v) is 5.63. The van der Waals surface area contributed by atoms with Gasteiger partial charge in [0.15, 0.2) is 0 Å². The minimum Gasteiger partial charge on any atom is -0.378 e. The van der Waals surface area contributed by atoms with E-state index in [-0.39, 0.29) is 0 Å². The average molecular weight is 173 g/mol. The quantitative estimate of drug-likeness (QED) is 0.627. The molecule has 0 saturated carbocycles. The SMILES string of the molecule is CSCCN1C2COCC1C2. The topological polar surface area (TPSA) is 12.5 Å². The molecule has 2 unspecified atom stereocenters. The molecular formula is C8H15NOS. The highest BCUT2D eigenvalue weighted by Crippen LogP contribution is 2.30. The summed E-state index contributed by atoms with van der Waals surface area (Å²) in [5.74, 6) is 1.27. The van der Waals surface area contributed by atoms with E-state index in [1.54, 1.807) is 0 Å². The van der Waals surface area contributed by atoms with Crippen molar-refractivity contribution in [2.75, 3.05) is 31.8 Å². The molecule has 0 spiro atoms. The highest BCUT2D eigenvalue weighted by atomic mass is 32.2. The highest BCUT2D eigenvalue weighted by molar-refractivity contribution is 7.98. The van der Waals surface area contributed by atoms with E-state index in [2.05, 4.69) is 11.2 Å². The van der Waals surface area contributed by atoms with Crippen LogP contribution in [0.1, 0.15) is 6.42 Å². The monoisotopic (exact) mass is 173 g/mol. The Bertz CT molecular complexity index is 128. The van der Waals surface area contributed by atoms with Crippen molar-refractivity contribution in [3.05, 3.63) is 0 Å². The highest BCUT2D eigenvalue weighted by Gasteiger charge is 2.41. The van der Waals surface area contributed by atoms with E-state index < -0.39 is 0 Å². The van der Waals surface area contributed by atoms with Crippen LogP contribution in [0.4, 0.5) is 0 Å². The van der Waals surface area contributed by atoms with Gasteiger partial charge in [-0.3, -0.25) is 4.90 Å². The molecule has 3 rings (SSSR count). The van der Waals surface area contributed by atoms with E-state index in [4.69, 9.17) is 4.74 Å². The zero-order valence-electron chi connectivity index (χ0n) is 6.95. The van der Waals surface area contributed by atoms with Crippen LogP contribution in [0.3, 0.4) is 0 Å². The molecule has 0 amide bonds. The summed E-state index contributed by atoms with van der Waals surface area (Å²) in [6, 6.07) is 1.53. The predicted octanol–water partition coefficient (Wildman–Crippen LogP) is 0.823. The summed E-state index contributed by atoms with van der Waals surface area (Å²) in [4.78, 5) is 2.60. The lowest BCUT2D eigenvalue weighted by molar-refractivity contribution is -0.123. The lowest BCUT2D eigenvalue weighted by atomic mass is 9.92. The molecule has 3 aliphatic heterocycles. The Labute approximate surface area is 72.3 Å². The Morgan fingerprint density at radius 2 is 2.18 bits per heavy atom. The second kappa shape index (κ2) is 3.33. The van der Waals surface area contributed by atoms with E-state index in [9.17, 15) is 0 Å². The van der Waals surface area contributed by atoms with E-state index in [0.717, 1.165) is 25.3 Å². The fourth-order valence-corrected chi connectivity index (χ4v) is 2.37. The van der Waals surface area contributed by atoms with Crippen LogP contribution < -0.4 is 0 Å². The molecule has 3 saturated heterocycles. The Kier molecular flexibility index (Phi) is 2.39. The van der Waals surface area contributed by atoms with Gasteiger partial charge in [0, 0.05) is 24.4 Å². The Balaban J connectivity index is 1.77. The molecule has 3 heteroatoms. The summed E-state index contributed by atoms with van der Waals surface area (Å²) in [5, 5.41) is 0. The van der Waals surface area contributed by atoms with Crippen molar-refractivity contribution in [1.29, 1.82) is 0 Å². The lowest BCUT2D eigenvalue weighted by Gasteiger charge is -2.52. The summed E-state index contributed by atoms with van der Waals surface area (Å²) < 4.78 is 5.39. The van der Waals surface area contributed by atoms with Crippen molar-refractivity contribution in [1.82, 2.24) is 4.90 Å². The third-order valence-corrected chi connectivity index (χ3v) is 3.25. The fourth-order valence-electron chi connectivity index (χ4n) is 1.97. The average Bonchev–Trinajstić information content (AvgIpc) is 2.06. The molecule has 2 nitrogen and oxygen atoms in total. The van der Waals surface area contributed by atoms with Crippen molar-refractivity contribution >= 4 is 11.8 Å².